The third-order valence-corrected chi connectivity index (χ3v) is 9.87. The van der Waals surface area contributed by atoms with E-state index in [-0.39, 0.29) is 11.8 Å². The molecule has 0 aromatic heterocycles. The molecule has 0 saturated carbocycles. The summed E-state index contributed by atoms with van der Waals surface area (Å²) in [5, 5.41) is 43.2. The Morgan fingerprint density at radius 3 is 2.12 bits per heavy atom. The zero-order valence-corrected chi connectivity index (χ0v) is 30.3. The van der Waals surface area contributed by atoms with Gasteiger partial charge in [0, 0.05) is 12.2 Å². The Hall–Kier alpha value is -3.71. The number of aliphatic hydroxyl groups is 4. The Kier molecular flexibility index (Phi) is 13.7. The average molecular weight is 695 g/mol. The van der Waals surface area contributed by atoms with Gasteiger partial charge in [-0.1, -0.05) is 38.1 Å². The fraction of sp³-hybridized carbons (Fsp3) is 0.513. The summed E-state index contributed by atoms with van der Waals surface area (Å²) in [5.74, 6) is 1.78. The van der Waals surface area contributed by atoms with Gasteiger partial charge in [-0.15, -0.1) is 0 Å². The molecule has 3 aromatic rings. The maximum atomic E-state index is 14.5. The van der Waals surface area contributed by atoms with Gasteiger partial charge in [0.05, 0.1) is 26.2 Å². The van der Waals surface area contributed by atoms with E-state index in [0.717, 1.165) is 54.1 Å². The van der Waals surface area contributed by atoms with Crippen LogP contribution in [0.3, 0.4) is 0 Å². The largest absolute Gasteiger partial charge is 0.496 e. The lowest BCUT2D eigenvalue weighted by molar-refractivity contribution is -0.277. The minimum absolute atomic E-state index is 0.0448. The maximum Gasteiger partial charge on any atom is 0.235 e. The van der Waals surface area contributed by atoms with Crippen LogP contribution in [0.1, 0.15) is 48.9 Å². The highest BCUT2D eigenvalue weighted by molar-refractivity contribution is 5.99. The minimum atomic E-state index is -1.55. The van der Waals surface area contributed by atoms with Crippen molar-refractivity contribution in [3.8, 4) is 17.2 Å². The van der Waals surface area contributed by atoms with Gasteiger partial charge >= 0.3 is 0 Å². The molecule has 3 unspecified atom stereocenters. The molecule has 0 aliphatic carbocycles. The number of carbonyl (C=O) groups is 1. The number of rotatable bonds is 16. The van der Waals surface area contributed by atoms with Crippen LogP contribution in [0.2, 0.25) is 0 Å². The van der Waals surface area contributed by atoms with E-state index in [1.165, 1.54) is 5.56 Å². The zero-order valence-electron chi connectivity index (χ0n) is 30.3. The fourth-order valence-corrected chi connectivity index (χ4v) is 6.74. The maximum absolute atomic E-state index is 14.5. The van der Waals surface area contributed by atoms with Crippen LogP contribution in [0.25, 0.3) is 0 Å². The van der Waals surface area contributed by atoms with Gasteiger partial charge in [0.2, 0.25) is 12.2 Å². The van der Waals surface area contributed by atoms with E-state index in [4.69, 9.17) is 18.9 Å². The zero-order chi connectivity index (χ0) is 36.6. The Morgan fingerprint density at radius 2 is 1.54 bits per heavy atom. The van der Waals surface area contributed by atoms with Gasteiger partial charge in [0.1, 0.15) is 41.7 Å². The van der Waals surface area contributed by atoms with Crippen molar-refractivity contribution < 1.29 is 44.2 Å². The Labute approximate surface area is 295 Å². The summed E-state index contributed by atoms with van der Waals surface area (Å²) < 4.78 is 22.1. The van der Waals surface area contributed by atoms with E-state index >= 15 is 0 Å². The van der Waals surface area contributed by atoms with Gasteiger partial charge < -0.3 is 49.6 Å². The lowest BCUT2D eigenvalue weighted by Crippen LogP contribution is -2.60. The second kappa shape index (κ2) is 17.5. The van der Waals surface area contributed by atoms with Crippen molar-refractivity contribution in [2.45, 2.75) is 83.1 Å². The highest BCUT2D eigenvalue weighted by Crippen LogP contribution is 2.40. The van der Waals surface area contributed by atoms with Crippen LogP contribution in [0.15, 0.2) is 60.7 Å². The molecule has 0 bridgehead atoms. The first-order valence-corrected chi connectivity index (χ1v) is 17.2. The summed E-state index contributed by atoms with van der Waals surface area (Å²) in [4.78, 5) is 16.8. The molecule has 6 atom stereocenters. The molecule has 274 valence electrons. The third-order valence-electron chi connectivity index (χ3n) is 9.87. The molecule has 11 heteroatoms. The van der Waals surface area contributed by atoms with Gasteiger partial charge in [-0.05, 0) is 111 Å². The highest BCUT2D eigenvalue weighted by Gasteiger charge is 2.45. The van der Waals surface area contributed by atoms with Crippen LogP contribution in [0, 0.1) is 19.8 Å². The number of aliphatic hydroxyl groups excluding tert-OH is 4. The van der Waals surface area contributed by atoms with Crippen molar-refractivity contribution in [1.29, 1.82) is 0 Å². The smallest absolute Gasteiger partial charge is 0.235 e. The number of hydrogen-bond donors (Lipinski definition) is 5. The molecular formula is C39H54N2O9. The number of methoxy groups -OCH3 is 2. The van der Waals surface area contributed by atoms with Crippen molar-refractivity contribution in [2.24, 2.45) is 5.92 Å². The van der Waals surface area contributed by atoms with Crippen LogP contribution in [-0.2, 0) is 21.4 Å². The molecule has 1 saturated heterocycles. The molecule has 1 aliphatic heterocycles. The van der Waals surface area contributed by atoms with E-state index < -0.39 is 42.7 Å². The Morgan fingerprint density at radius 1 is 0.900 bits per heavy atom. The SMILES string of the molecule is COc1ccc(CCN(C)CCCC(C(=O)Nc2ccc(O[C@@H]3OC(CO)[C@H](O)[C@@H](O)C3O)cc2)(c2ccc(OC)c(C)c2)C(C)C)cc1C. The van der Waals surface area contributed by atoms with Crippen LogP contribution >= 0.6 is 0 Å². The molecule has 1 fully saturated rings. The lowest BCUT2D eigenvalue weighted by atomic mass is 9.67. The standard InChI is InChI=1S/C39H54N2O9/c1-24(2)39(28-10-16-32(48-7)26(4)22-28,18-8-19-41(5)20-17-27-9-15-31(47-6)25(3)21-27)38(46)40-29-11-13-30(14-12-29)49-37-36(45)35(44)34(43)33(23-42)50-37/h9-16,21-22,24,33-37,42-45H,8,17-20,23H2,1-7H3,(H,40,46)/t33?,34-,35+,36?,37+,39?/m0/s1. The first-order chi connectivity index (χ1) is 23.8. The minimum Gasteiger partial charge on any atom is -0.496 e. The summed E-state index contributed by atoms with van der Waals surface area (Å²) in [6.07, 6.45) is -4.63. The molecule has 11 nitrogen and oxygen atoms in total. The number of ether oxygens (including phenoxy) is 4. The molecule has 0 radical (unpaired) electrons. The van der Waals surface area contributed by atoms with Gasteiger partial charge in [-0.25, -0.2) is 0 Å². The van der Waals surface area contributed by atoms with Gasteiger partial charge in [0.25, 0.3) is 0 Å². The second-order valence-corrected chi connectivity index (χ2v) is 13.6. The first kappa shape index (κ1) is 39.1. The quantitative estimate of drug-likeness (QED) is 0.149. The van der Waals surface area contributed by atoms with E-state index in [1.807, 2.05) is 31.2 Å². The molecule has 1 heterocycles. The molecule has 50 heavy (non-hydrogen) atoms. The number of benzene rings is 3. The number of anilines is 1. The molecule has 1 amide bonds. The summed E-state index contributed by atoms with van der Waals surface area (Å²) in [6.45, 7) is 9.32. The monoisotopic (exact) mass is 694 g/mol. The van der Waals surface area contributed by atoms with Crippen LogP contribution < -0.4 is 19.5 Å². The molecule has 5 N–H and O–H groups in total. The summed E-state index contributed by atoms with van der Waals surface area (Å²) >= 11 is 0. The number of carbonyl (C=O) groups excluding carboxylic acids is 1. The Balaban J connectivity index is 1.49. The number of aryl methyl sites for hydroxylation is 2. The molecule has 4 rings (SSSR count). The number of amides is 1. The highest BCUT2D eigenvalue weighted by atomic mass is 16.7. The number of nitrogens with zero attached hydrogens (tertiary/aromatic N) is 1. The summed E-state index contributed by atoms with van der Waals surface area (Å²) in [5.41, 5.74) is 3.94. The third kappa shape index (κ3) is 8.95. The van der Waals surface area contributed by atoms with Crippen molar-refractivity contribution in [1.82, 2.24) is 4.90 Å². The van der Waals surface area contributed by atoms with Gasteiger partial charge in [-0.2, -0.15) is 0 Å². The topological polar surface area (TPSA) is 150 Å². The summed E-state index contributed by atoms with van der Waals surface area (Å²) in [6, 6.07) is 18.8. The predicted octanol–water partition coefficient (Wildman–Crippen LogP) is 3.99. The predicted molar refractivity (Wildman–Crippen MR) is 192 cm³/mol. The molecule has 3 aromatic carbocycles. The summed E-state index contributed by atoms with van der Waals surface area (Å²) in [7, 11) is 5.43. The van der Waals surface area contributed by atoms with Crippen molar-refractivity contribution in [2.75, 3.05) is 46.3 Å². The molecular weight excluding hydrogens is 640 g/mol. The number of likely N-dealkylation sites (N-methyl/N-ethyl adjacent to an activating group) is 1. The molecule has 1 aliphatic rings. The normalized spacial score (nSPS) is 21.9. The van der Waals surface area contributed by atoms with E-state index in [1.54, 1.807) is 38.5 Å². The number of nitrogens with one attached hydrogen (secondary N) is 1. The second-order valence-electron chi connectivity index (χ2n) is 13.6. The van der Waals surface area contributed by atoms with Crippen molar-refractivity contribution >= 4 is 11.6 Å². The van der Waals surface area contributed by atoms with Crippen molar-refractivity contribution in [3.63, 3.8) is 0 Å². The van der Waals surface area contributed by atoms with E-state index in [9.17, 15) is 25.2 Å². The van der Waals surface area contributed by atoms with Crippen LogP contribution in [0.4, 0.5) is 5.69 Å². The lowest BCUT2D eigenvalue weighted by Gasteiger charge is -2.39. The van der Waals surface area contributed by atoms with E-state index in [0.29, 0.717) is 17.9 Å². The number of hydrogen-bond acceptors (Lipinski definition) is 10. The Bertz CT molecular complexity index is 1550. The fourth-order valence-electron chi connectivity index (χ4n) is 6.74. The molecule has 0 spiro atoms. The first-order valence-electron chi connectivity index (χ1n) is 17.2. The van der Waals surface area contributed by atoms with Gasteiger partial charge in [0.15, 0.2) is 0 Å². The van der Waals surface area contributed by atoms with Crippen molar-refractivity contribution in [3.05, 3.63) is 82.9 Å². The van der Waals surface area contributed by atoms with E-state index in [2.05, 4.69) is 50.2 Å². The van der Waals surface area contributed by atoms with Gasteiger partial charge in [-0.3, -0.25) is 4.79 Å². The average Bonchev–Trinajstić information content (AvgIpc) is 3.10. The van der Waals surface area contributed by atoms with Crippen LogP contribution in [0.5, 0.6) is 17.2 Å². The van der Waals surface area contributed by atoms with Crippen LogP contribution in [-0.4, -0.2) is 103 Å².